The number of furan rings is 1. The Labute approximate surface area is 249 Å². The molecule has 10 nitrogen and oxygen atoms in total. The zero-order valence-corrected chi connectivity index (χ0v) is 24.2. The summed E-state index contributed by atoms with van der Waals surface area (Å²) in [7, 11) is 1.62. The smallest absolute Gasteiger partial charge is 0.225 e. The van der Waals surface area contributed by atoms with Crippen LogP contribution in [0.1, 0.15) is 18.5 Å². The maximum absolute atomic E-state index is 13.0. The largest absolute Gasteiger partial charge is 0.496 e. The number of amides is 1. The summed E-state index contributed by atoms with van der Waals surface area (Å²) in [6, 6.07) is 17.4. The van der Waals surface area contributed by atoms with Crippen molar-refractivity contribution in [3.05, 3.63) is 79.3 Å². The molecule has 1 aliphatic heterocycles. The maximum atomic E-state index is 13.0. The summed E-state index contributed by atoms with van der Waals surface area (Å²) in [5, 5.41) is 5.32. The quantitative estimate of drug-likeness (QED) is 0.212. The molecule has 2 fully saturated rings. The van der Waals surface area contributed by atoms with E-state index in [1.807, 2.05) is 72.6 Å². The number of carbonyl (C=O) groups excluding carboxylic acids is 1. The summed E-state index contributed by atoms with van der Waals surface area (Å²) in [5.74, 6) is 3.02. The van der Waals surface area contributed by atoms with Gasteiger partial charge in [-0.2, -0.15) is 5.10 Å². The first-order valence-electron chi connectivity index (χ1n) is 14.5. The van der Waals surface area contributed by atoms with E-state index >= 15 is 0 Å². The maximum Gasteiger partial charge on any atom is 0.225 e. The van der Waals surface area contributed by atoms with E-state index in [2.05, 4.69) is 16.6 Å². The Morgan fingerprint density at radius 3 is 2.70 bits per heavy atom. The highest BCUT2D eigenvalue weighted by Crippen LogP contribution is 2.38. The zero-order chi connectivity index (χ0) is 29.5. The van der Waals surface area contributed by atoms with E-state index in [1.54, 1.807) is 11.6 Å². The normalized spacial score (nSPS) is 16.9. The van der Waals surface area contributed by atoms with Crippen molar-refractivity contribution in [2.75, 3.05) is 38.3 Å². The van der Waals surface area contributed by atoms with Gasteiger partial charge in [0, 0.05) is 43.4 Å². The highest BCUT2D eigenvalue weighted by atomic mass is 16.5. The molecule has 5 aromatic rings. The van der Waals surface area contributed by atoms with Crippen molar-refractivity contribution < 1.29 is 23.4 Å². The fourth-order valence-electron chi connectivity index (χ4n) is 5.67. The minimum Gasteiger partial charge on any atom is -0.496 e. The van der Waals surface area contributed by atoms with Crippen LogP contribution >= 0.6 is 0 Å². The lowest BCUT2D eigenvalue weighted by Crippen LogP contribution is -2.57. The number of nitrogens with zero attached hydrogens (tertiary/aromatic N) is 5. The summed E-state index contributed by atoms with van der Waals surface area (Å²) in [4.78, 5) is 22.0. The van der Waals surface area contributed by atoms with Gasteiger partial charge in [-0.1, -0.05) is 6.58 Å². The molecule has 1 saturated heterocycles. The van der Waals surface area contributed by atoms with Crippen LogP contribution in [0.3, 0.4) is 0 Å². The first-order valence-corrected chi connectivity index (χ1v) is 14.5. The van der Waals surface area contributed by atoms with Crippen molar-refractivity contribution >= 4 is 28.2 Å². The molecule has 220 valence electrons. The van der Waals surface area contributed by atoms with Gasteiger partial charge < -0.3 is 28.4 Å². The summed E-state index contributed by atoms with van der Waals surface area (Å²) in [6.45, 7) is 7.90. The Bertz CT molecular complexity index is 1810. The molecule has 0 radical (unpaired) electrons. The first kappa shape index (κ1) is 26.9. The molecule has 2 aromatic carbocycles. The van der Waals surface area contributed by atoms with Crippen LogP contribution in [-0.4, -0.2) is 64.8 Å². The fraction of sp³-hybridized carbons (Fsp3) is 0.303. The van der Waals surface area contributed by atoms with Gasteiger partial charge in [-0.25, -0.2) is 9.50 Å². The molecule has 43 heavy (non-hydrogen) atoms. The second kappa shape index (κ2) is 11.0. The third kappa shape index (κ3) is 5.36. The molecule has 10 heteroatoms. The third-order valence-corrected chi connectivity index (χ3v) is 8.05. The van der Waals surface area contributed by atoms with Crippen molar-refractivity contribution in [2.45, 2.75) is 25.8 Å². The van der Waals surface area contributed by atoms with E-state index in [4.69, 9.17) is 23.6 Å². The minimum atomic E-state index is -0.0667. The number of fused-ring (bicyclic) bond motifs is 2. The average Bonchev–Trinajstić information content (AvgIpc) is 3.65. The fourth-order valence-corrected chi connectivity index (χ4v) is 5.67. The Morgan fingerprint density at radius 2 is 1.93 bits per heavy atom. The number of aryl methyl sites for hydroxylation is 1. The lowest BCUT2D eigenvalue weighted by atomic mass is 10.1. The number of methoxy groups -OCH3 is 1. The zero-order valence-electron chi connectivity index (χ0n) is 24.2. The molecule has 0 N–H and O–H groups in total. The van der Waals surface area contributed by atoms with E-state index in [0.29, 0.717) is 54.8 Å². The van der Waals surface area contributed by atoms with E-state index in [0.717, 1.165) is 41.0 Å². The lowest BCUT2D eigenvalue weighted by molar-refractivity contribution is -0.133. The topological polar surface area (TPSA) is 94.6 Å². The Balaban J connectivity index is 1.18. The SMILES string of the molecule is C=COc1ccc(N2CCN(C(=O)C3CC3)CC2COc2cc(OC)cc3oc(-c4cn5nc(C)ccc5n4)cc23)cc1. The van der Waals surface area contributed by atoms with Crippen LogP contribution in [0.25, 0.3) is 28.1 Å². The molecule has 4 heterocycles. The molecule has 0 spiro atoms. The van der Waals surface area contributed by atoms with Crippen LogP contribution < -0.4 is 19.1 Å². The number of imidazole rings is 1. The van der Waals surface area contributed by atoms with Crippen LogP contribution in [0.15, 0.2) is 78.1 Å². The van der Waals surface area contributed by atoms with Gasteiger partial charge >= 0.3 is 0 Å². The minimum absolute atomic E-state index is 0.0667. The molecule has 1 atom stereocenters. The molecule has 1 amide bonds. The molecule has 7 rings (SSSR count). The predicted molar refractivity (Wildman–Crippen MR) is 163 cm³/mol. The van der Waals surface area contributed by atoms with Gasteiger partial charge in [-0.3, -0.25) is 4.79 Å². The summed E-state index contributed by atoms with van der Waals surface area (Å²) in [5.41, 5.74) is 3.99. The van der Waals surface area contributed by atoms with Gasteiger partial charge in [0.05, 0.1) is 36.7 Å². The lowest BCUT2D eigenvalue weighted by Gasteiger charge is -2.42. The molecule has 1 unspecified atom stereocenters. The molecular weight excluding hydrogens is 546 g/mol. The number of ether oxygens (including phenoxy) is 3. The highest BCUT2D eigenvalue weighted by molar-refractivity contribution is 5.89. The number of aromatic nitrogens is 3. The van der Waals surface area contributed by atoms with Crippen LogP contribution in [-0.2, 0) is 4.79 Å². The van der Waals surface area contributed by atoms with Crippen LogP contribution in [0, 0.1) is 12.8 Å². The standard InChI is InChI=1S/C33H33N5O5/c1-4-41-25-10-8-23(9-11-25)37-14-13-36(33(39)22-6-7-22)18-24(37)20-42-29-15-26(40-3)16-30-27(29)17-31(43-30)28-19-38-32(34-28)12-5-21(2)35-38/h4-5,8-12,15-17,19,22,24H,1,6-7,13-14,18,20H2,2-3H3. The Hall–Kier alpha value is -4.99. The van der Waals surface area contributed by atoms with Crippen LogP contribution in [0.2, 0.25) is 0 Å². The molecule has 1 aliphatic carbocycles. The Kier molecular flexibility index (Phi) is 6.89. The monoisotopic (exact) mass is 579 g/mol. The summed E-state index contributed by atoms with van der Waals surface area (Å²) < 4.78 is 25.5. The van der Waals surface area contributed by atoms with Gasteiger partial charge in [0.1, 0.15) is 35.1 Å². The van der Waals surface area contributed by atoms with Gasteiger partial charge in [-0.15, -0.1) is 0 Å². The molecule has 3 aromatic heterocycles. The first-order chi connectivity index (χ1) is 21.0. The second-order valence-corrected chi connectivity index (χ2v) is 11.0. The molecule has 0 bridgehead atoms. The van der Waals surface area contributed by atoms with Crippen molar-refractivity contribution in [3.63, 3.8) is 0 Å². The van der Waals surface area contributed by atoms with E-state index in [9.17, 15) is 4.79 Å². The number of hydrogen-bond donors (Lipinski definition) is 0. The van der Waals surface area contributed by atoms with Crippen molar-refractivity contribution in [1.29, 1.82) is 0 Å². The number of benzene rings is 2. The Morgan fingerprint density at radius 1 is 1.09 bits per heavy atom. The van der Waals surface area contributed by atoms with Crippen molar-refractivity contribution in [1.82, 2.24) is 19.5 Å². The van der Waals surface area contributed by atoms with E-state index in [1.165, 1.54) is 6.26 Å². The van der Waals surface area contributed by atoms with Crippen molar-refractivity contribution in [2.24, 2.45) is 5.92 Å². The number of hydrogen-bond acceptors (Lipinski definition) is 8. The van der Waals surface area contributed by atoms with Crippen molar-refractivity contribution in [3.8, 4) is 28.7 Å². The van der Waals surface area contributed by atoms with Gasteiger partial charge in [-0.05, 0) is 62.2 Å². The highest BCUT2D eigenvalue weighted by Gasteiger charge is 2.37. The van der Waals surface area contributed by atoms with Gasteiger partial charge in [0.15, 0.2) is 11.4 Å². The van der Waals surface area contributed by atoms with E-state index in [-0.39, 0.29) is 17.9 Å². The van der Waals surface area contributed by atoms with E-state index < -0.39 is 0 Å². The number of anilines is 1. The third-order valence-electron chi connectivity index (χ3n) is 8.05. The van der Waals surface area contributed by atoms with Crippen LogP contribution in [0.4, 0.5) is 5.69 Å². The summed E-state index contributed by atoms with van der Waals surface area (Å²) in [6.07, 6.45) is 5.24. The molecule has 2 aliphatic rings. The van der Waals surface area contributed by atoms with Gasteiger partial charge in [0.2, 0.25) is 5.91 Å². The average molecular weight is 580 g/mol. The predicted octanol–water partition coefficient (Wildman–Crippen LogP) is 5.49. The van der Waals surface area contributed by atoms with Crippen LogP contribution in [0.5, 0.6) is 17.2 Å². The summed E-state index contributed by atoms with van der Waals surface area (Å²) >= 11 is 0. The molecule has 1 saturated carbocycles. The second-order valence-electron chi connectivity index (χ2n) is 11.0. The number of rotatable bonds is 9. The molecular formula is C33H33N5O5. The number of piperazine rings is 1. The van der Waals surface area contributed by atoms with Gasteiger partial charge in [0.25, 0.3) is 0 Å². The number of carbonyl (C=O) groups is 1.